The van der Waals surface area contributed by atoms with Crippen LogP contribution in [0.5, 0.6) is 0 Å². The molecule has 0 bridgehead atoms. The summed E-state index contributed by atoms with van der Waals surface area (Å²) in [6.07, 6.45) is 0. The van der Waals surface area contributed by atoms with Crippen molar-refractivity contribution in [3.8, 4) is 0 Å². The molecular weight excluding hydrogens is 232 g/mol. The largest absolute Gasteiger partial charge is 0.466 e. The summed E-state index contributed by atoms with van der Waals surface area (Å²) in [5.74, 6) is -2.81. The normalized spacial score (nSPS) is 11.4. The minimum atomic E-state index is -1.18. The van der Waals surface area contributed by atoms with E-state index in [1.54, 1.807) is 30.3 Å². The van der Waals surface area contributed by atoms with Gasteiger partial charge in [-0.25, -0.2) is 4.79 Å². The molecule has 0 aliphatic carbocycles. The van der Waals surface area contributed by atoms with E-state index in [1.165, 1.54) is 14.0 Å². The van der Waals surface area contributed by atoms with Crippen molar-refractivity contribution in [1.82, 2.24) is 0 Å². The minimum Gasteiger partial charge on any atom is -0.466 e. The molecule has 18 heavy (non-hydrogen) atoms. The Kier molecular flexibility index (Phi) is 4.54. The van der Waals surface area contributed by atoms with Gasteiger partial charge in [-0.15, -0.1) is 0 Å². The quantitative estimate of drug-likeness (QED) is 0.344. The van der Waals surface area contributed by atoms with Crippen LogP contribution >= 0.6 is 0 Å². The molecule has 0 amide bonds. The van der Waals surface area contributed by atoms with E-state index in [-0.39, 0.29) is 5.57 Å². The maximum atomic E-state index is 12.2. The summed E-state index contributed by atoms with van der Waals surface area (Å²) in [7, 11) is 1.18. The molecule has 0 fully saturated rings. The number of Topliss-reactive ketones (excluding diaryl/α,β-unsaturated/α-hetero) is 2. The third-order valence-electron chi connectivity index (χ3n) is 2.52. The van der Waals surface area contributed by atoms with Crippen molar-refractivity contribution in [3.05, 3.63) is 48.0 Å². The van der Waals surface area contributed by atoms with Crippen LogP contribution < -0.4 is 0 Å². The lowest BCUT2D eigenvalue weighted by Gasteiger charge is -2.13. The van der Waals surface area contributed by atoms with Gasteiger partial charge in [0, 0.05) is 11.1 Å². The van der Waals surface area contributed by atoms with Crippen molar-refractivity contribution in [3.63, 3.8) is 0 Å². The van der Waals surface area contributed by atoms with Crippen LogP contribution in [0.4, 0.5) is 0 Å². The summed E-state index contributed by atoms with van der Waals surface area (Å²) >= 11 is 0. The van der Waals surface area contributed by atoms with Crippen molar-refractivity contribution < 1.29 is 19.1 Å². The summed E-state index contributed by atoms with van der Waals surface area (Å²) in [4.78, 5) is 35.1. The van der Waals surface area contributed by atoms with Gasteiger partial charge in [-0.1, -0.05) is 36.9 Å². The van der Waals surface area contributed by atoms with Crippen molar-refractivity contribution in [1.29, 1.82) is 0 Å². The van der Waals surface area contributed by atoms with Crippen molar-refractivity contribution in [2.24, 2.45) is 5.92 Å². The fourth-order valence-corrected chi connectivity index (χ4v) is 1.61. The van der Waals surface area contributed by atoms with Crippen LogP contribution in [0.1, 0.15) is 17.3 Å². The minimum absolute atomic E-state index is 0.140. The average molecular weight is 246 g/mol. The zero-order valence-electron chi connectivity index (χ0n) is 10.3. The van der Waals surface area contributed by atoms with Gasteiger partial charge in [-0.05, 0) is 6.92 Å². The fourth-order valence-electron chi connectivity index (χ4n) is 1.61. The van der Waals surface area contributed by atoms with Gasteiger partial charge in [-0.3, -0.25) is 9.59 Å². The Balaban J connectivity index is 3.08. The number of ketones is 2. The zero-order chi connectivity index (χ0) is 13.7. The van der Waals surface area contributed by atoms with E-state index in [2.05, 4.69) is 11.3 Å². The van der Waals surface area contributed by atoms with Crippen molar-refractivity contribution in [2.45, 2.75) is 6.92 Å². The first-order valence-corrected chi connectivity index (χ1v) is 5.36. The molecule has 0 N–H and O–H groups in total. The maximum Gasteiger partial charge on any atom is 0.334 e. The Morgan fingerprint density at radius 2 is 1.72 bits per heavy atom. The van der Waals surface area contributed by atoms with Crippen LogP contribution in [0.25, 0.3) is 0 Å². The molecule has 4 nitrogen and oxygen atoms in total. The smallest absolute Gasteiger partial charge is 0.334 e. The lowest BCUT2D eigenvalue weighted by Crippen LogP contribution is -2.28. The van der Waals surface area contributed by atoms with Gasteiger partial charge in [-0.2, -0.15) is 0 Å². The van der Waals surface area contributed by atoms with Crippen molar-refractivity contribution >= 4 is 17.5 Å². The molecule has 0 aromatic heterocycles. The first-order chi connectivity index (χ1) is 8.49. The highest BCUT2D eigenvalue weighted by Crippen LogP contribution is 2.18. The number of benzene rings is 1. The number of carbonyl (C=O) groups excluding carboxylic acids is 3. The average Bonchev–Trinajstić information content (AvgIpc) is 2.38. The monoisotopic (exact) mass is 246 g/mol. The molecule has 1 atom stereocenters. The summed E-state index contributed by atoms with van der Waals surface area (Å²) in [5.41, 5.74) is 0.224. The number of esters is 1. The molecule has 0 radical (unpaired) electrons. The molecule has 1 aromatic carbocycles. The number of ether oxygens (including phenoxy) is 1. The first-order valence-electron chi connectivity index (χ1n) is 5.36. The second kappa shape index (κ2) is 5.91. The molecule has 0 heterocycles. The highest BCUT2D eigenvalue weighted by Gasteiger charge is 2.31. The van der Waals surface area contributed by atoms with Gasteiger partial charge in [0.1, 0.15) is 11.7 Å². The number of carbonyl (C=O) groups is 3. The summed E-state index contributed by atoms with van der Waals surface area (Å²) in [5, 5.41) is 0. The number of hydrogen-bond donors (Lipinski definition) is 0. The van der Waals surface area contributed by atoms with Crippen LogP contribution in [0.2, 0.25) is 0 Å². The van der Waals surface area contributed by atoms with E-state index in [1.807, 2.05) is 0 Å². The Morgan fingerprint density at radius 3 is 2.17 bits per heavy atom. The summed E-state index contributed by atoms with van der Waals surface area (Å²) in [6, 6.07) is 8.30. The van der Waals surface area contributed by atoms with Crippen LogP contribution in [0.15, 0.2) is 42.5 Å². The molecule has 94 valence electrons. The zero-order valence-corrected chi connectivity index (χ0v) is 10.3. The number of methoxy groups -OCH3 is 1. The number of hydrogen-bond acceptors (Lipinski definition) is 4. The van der Waals surface area contributed by atoms with Crippen molar-refractivity contribution in [2.75, 3.05) is 7.11 Å². The van der Waals surface area contributed by atoms with Crippen LogP contribution in [0.3, 0.4) is 0 Å². The summed E-state index contributed by atoms with van der Waals surface area (Å²) in [6.45, 7) is 4.73. The molecule has 1 rings (SSSR count). The predicted octanol–water partition coefficient (Wildman–Crippen LogP) is 1.80. The molecule has 4 heteroatoms. The SMILES string of the molecule is C=C(C(=O)OC)C(C(C)=O)C(=O)c1ccccc1. The second-order valence-electron chi connectivity index (χ2n) is 3.79. The van der Waals surface area contributed by atoms with E-state index in [0.29, 0.717) is 5.56 Å². The van der Waals surface area contributed by atoms with Crippen LogP contribution in [-0.4, -0.2) is 24.6 Å². The molecule has 1 aromatic rings. The van der Waals surface area contributed by atoms with Gasteiger partial charge in [0.2, 0.25) is 0 Å². The van der Waals surface area contributed by atoms with E-state index in [9.17, 15) is 14.4 Å². The van der Waals surface area contributed by atoms with Gasteiger partial charge in [0.25, 0.3) is 0 Å². The number of rotatable bonds is 5. The van der Waals surface area contributed by atoms with Crippen LogP contribution in [-0.2, 0) is 14.3 Å². The highest BCUT2D eigenvalue weighted by molar-refractivity contribution is 6.16. The standard InChI is InChI=1S/C14H14O4/c1-9(14(17)18-3)12(10(2)15)13(16)11-7-5-4-6-8-11/h4-8,12H,1H2,2-3H3. The molecule has 0 aliphatic heterocycles. The Morgan fingerprint density at radius 1 is 1.17 bits per heavy atom. The van der Waals surface area contributed by atoms with E-state index < -0.39 is 23.5 Å². The van der Waals surface area contributed by atoms with E-state index >= 15 is 0 Å². The van der Waals surface area contributed by atoms with Gasteiger partial charge in [0.05, 0.1) is 7.11 Å². The fraction of sp³-hybridized carbons (Fsp3) is 0.214. The Hall–Kier alpha value is -2.23. The molecule has 0 saturated heterocycles. The molecule has 0 saturated carbocycles. The molecule has 0 aliphatic rings. The molecular formula is C14H14O4. The summed E-state index contributed by atoms with van der Waals surface area (Å²) < 4.78 is 4.49. The third-order valence-corrected chi connectivity index (χ3v) is 2.52. The van der Waals surface area contributed by atoms with Crippen LogP contribution in [0, 0.1) is 5.92 Å². The third kappa shape index (κ3) is 2.91. The Bertz CT molecular complexity index is 488. The van der Waals surface area contributed by atoms with E-state index in [4.69, 9.17) is 0 Å². The lowest BCUT2D eigenvalue weighted by molar-refractivity contribution is -0.137. The Labute approximate surface area is 105 Å². The van der Waals surface area contributed by atoms with Gasteiger partial charge < -0.3 is 4.74 Å². The molecule has 1 unspecified atom stereocenters. The highest BCUT2D eigenvalue weighted by atomic mass is 16.5. The second-order valence-corrected chi connectivity index (χ2v) is 3.79. The van der Waals surface area contributed by atoms with Gasteiger partial charge >= 0.3 is 5.97 Å². The predicted molar refractivity (Wildman–Crippen MR) is 66.1 cm³/mol. The van der Waals surface area contributed by atoms with E-state index in [0.717, 1.165) is 0 Å². The first kappa shape index (κ1) is 13.8. The van der Waals surface area contributed by atoms with Gasteiger partial charge in [0.15, 0.2) is 5.78 Å². The topological polar surface area (TPSA) is 60.4 Å². The lowest BCUT2D eigenvalue weighted by atomic mass is 9.88. The maximum absolute atomic E-state index is 12.2. The molecule has 0 spiro atoms.